The van der Waals surface area contributed by atoms with Crippen LogP contribution in [-0.2, 0) is 0 Å². The number of ether oxygens (including phenoxy) is 2. The van der Waals surface area contributed by atoms with Crippen molar-refractivity contribution >= 4 is 37.1 Å². The summed E-state index contributed by atoms with van der Waals surface area (Å²) in [5.74, 6) is -5.46. The zero-order valence-corrected chi connectivity index (χ0v) is 27.6. The Kier molecular flexibility index (Phi) is 10.7. The van der Waals surface area contributed by atoms with Gasteiger partial charge in [-0.1, -0.05) is 53.9 Å². The van der Waals surface area contributed by atoms with Gasteiger partial charge in [-0.25, -0.2) is 17.6 Å². The van der Waals surface area contributed by atoms with Gasteiger partial charge in [0.2, 0.25) is 0 Å². The summed E-state index contributed by atoms with van der Waals surface area (Å²) < 4.78 is 126. The first kappa shape index (κ1) is 37.6. The average molecular weight is 753 g/mol. The molecule has 0 heterocycles. The summed E-state index contributed by atoms with van der Waals surface area (Å²) in [7, 11) is -7.60. The standard InChI is InChI=1S/C33H22F4O3S2.F6P/c1-39-21-10-15-28(42-29-18-26(34)30(35)32(37)31(29)36)24(16-21)19-8-11-22(12-9-19)41-23-13-14-27(40-2)25(17-23)33(38)20-6-4-3-5-7-20;1-7(2,3,4,5)6/h3-18H,1-2H3;/q;-1/p+1. The van der Waals surface area contributed by atoms with Gasteiger partial charge >= 0.3 is 38.8 Å². The van der Waals surface area contributed by atoms with E-state index in [0.29, 0.717) is 39.2 Å². The first-order chi connectivity index (χ1) is 22.7. The van der Waals surface area contributed by atoms with Crippen LogP contribution in [0.5, 0.6) is 11.5 Å². The second kappa shape index (κ2) is 14.0. The molecule has 0 aromatic heterocycles. The Balaban J connectivity index is 0.000000698. The summed E-state index contributed by atoms with van der Waals surface area (Å²) in [4.78, 5) is 12.8. The molecule has 1 N–H and O–H groups in total. The van der Waals surface area contributed by atoms with Crippen molar-refractivity contribution in [3.05, 3.63) is 131 Å². The molecule has 3 nitrogen and oxygen atoms in total. The number of hydrogen-bond acceptors (Lipinski definition) is 4. The van der Waals surface area contributed by atoms with E-state index in [0.717, 1.165) is 27.1 Å². The van der Waals surface area contributed by atoms with Crippen molar-refractivity contribution in [1.29, 1.82) is 0 Å². The molecule has 0 atom stereocenters. The Morgan fingerprint density at radius 1 is 0.612 bits per heavy atom. The second-order valence-electron chi connectivity index (χ2n) is 9.92. The third kappa shape index (κ3) is 10.9. The maximum atomic E-state index is 14.4. The molecule has 0 saturated heterocycles. The van der Waals surface area contributed by atoms with Crippen LogP contribution in [0.3, 0.4) is 0 Å². The van der Waals surface area contributed by atoms with Crippen LogP contribution in [0.2, 0.25) is 0 Å². The normalized spacial score (nSPS) is 12.7. The zero-order valence-electron chi connectivity index (χ0n) is 25.0. The fourth-order valence-corrected chi connectivity index (χ4v) is 6.08. The minimum atomic E-state index is -10.7. The van der Waals surface area contributed by atoms with E-state index >= 15 is 0 Å². The Morgan fingerprint density at radius 3 is 1.82 bits per heavy atom. The fraction of sp³-hybridized carbons (Fsp3) is 0.0606. The van der Waals surface area contributed by atoms with E-state index in [9.17, 15) is 47.5 Å². The first-order valence-electron chi connectivity index (χ1n) is 13.6. The van der Waals surface area contributed by atoms with E-state index in [2.05, 4.69) is 0 Å². The number of hydrogen-bond donors (Lipinski definition) is 0. The summed E-state index contributed by atoms with van der Waals surface area (Å²) in [6.07, 6.45) is 0. The Hall–Kier alpha value is -4.20. The van der Waals surface area contributed by atoms with Crippen LogP contribution < -0.4 is 9.47 Å². The van der Waals surface area contributed by atoms with Crippen LogP contribution >= 0.6 is 31.3 Å². The second-order valence-corrected chi connectivity index (χ2v) is 14.1. The molecule has 5 aromatic carbocycles. The molecule has 0 aliphatic rings. The topological polar surface area (TPSA) is 39.9 Å². The van der Waals surface area contributed by atoms with E-state index in [1.54, 1.807) is 31.4 Å². The van der Waals surface area contributed by atoms with Gasteiger partial charge in [0.05, 0.1) is 24.7 Å². The molecule has 0 radical (unpaired) electrons. The summed E-state index contributed by atoms with van der Waals surface area (Å²) in [6.45, 7) is 0. The number of benzene rings is 5. The predicted octanol–water partition coefficient (Wildman–Crippen LogP) is 12.6. The van der Waals surface area contributed by atoms with Crippen LogP contribution in [0.15, 0.2) is 117 Å². The van der Waals surface area contributed by atoms with Crippen molar-refractivity contribution < 1.29 is 57.0 Å². The van der Waals surface area contributed by atoms with Crippen molar-refractivity contribution in [3.63, 3.8) is 0 Å². The summed E-state index contributed by atoms with van der Waals surface area (Å²) in [6, 6.07) is 27.9. The summed E-state index contributed by atoms with van der Waals surface area (Å²) in [5.41, 5.74) is 2.61. The first-order valence-corrected chi connectivity index (χ1v) is 17.2. The SMILES string of the molecule is COc1ccc(Sc2cc(F)c(F)c(F)c2F)c(-c2ccc(Sc3ccc(OC)c(C(=[OH+])c4ccccc4)c3)cc2)c1.F[P-](F)(F)(F)(F)F. The molecule has 0 aliphatic heterocycles. The third-order valence-electron chi connectivity index (χ3n) is 6.35. The number of methoxy groups -OCH3 is 2. The minimum absolute atomic E-state index is 0.102. The third-order valence-corrected chi connectivity index (χ3v) is 8.44. The van der Waals surface area contributed by atoms with E-state index in [1.165, 1.54) is 18.9 Å². The molecule has 0 saturated carbocycles. The Bertz CT molecular complexity index is 1980. The molecule has 0 fully saturated rings. The van der Waals surface area contributed by atoms with Crippen molar-refractivity contribution in [2.75, 3.05) is 14.2 Å². The Labute approximate surface area is 281 Å². The van der Waals surface area contributed by atoms with Crippen LogP contribution in [0.25, 0.3) is 11.1 Å². The number of halogens is 10. The van der Waals surface area contributed by atoms with Gasteiger partial charge in [0, 0.05) is 14.7 Å². The molecule has 16 heteroatoms. The molecule has 0 bridgehead atoms. The van der Waals surface area contributed by atoms with Gasteiger partial charge < -0.3 is 9.47 Å². The molecule has 0 aliphatic carbocycles. The molecule has 5 aromatic rings. The number of ketones is 1. The van der Waals surface area contributed by atoms with E-state index in [1.807, 2.05) is 66.7 Å². The van der Waals surface area contributed by atoms with Gasteiger partial charge in [-0.15, -0.1) is 0 Å². The Morgan fingerprint density at radius 2 is 1.22 bits per heavy atom. The van der Waals surface area contributed by atoms with Gasteiger partial charge in [-0.2, -0.15) is 0 Å². The van der Waals surface area contributed by atoms with Gasteiger partial charge in [0.25, 0.3) is 0 Å². The van der Waals surface area contributed by atoms with Crippen molar-refractivity contribution in [2.45, 2.75) is 19.6 Å². The quantitative estimate of drug-likeness (QED) is 0.0375. The molecular weight excluding hydrogens is 729 g/mol. The van der Waals surface area contributed by atoms with Crippen LogP contribution in [0.1, 0.15) is 11.1 Å². The maximum absolute atomic E-state index is 14.4. The molecule has 0 spiro atoms. The fourth-order valence-electron chi connectivity index (χ4n) is 4.22. The molecule has 5 rings (SSSR count). The average Bonchev–Trinajstić information content (AvgIpc) is 3.05. The summed E-state index contributed by atoms with van der Waals surface area (Å²) in [5, 5.41) is 0. The van der Waals surface area contributed by atoms with Gasteiger partial charge in [0.1, 0.15) is 17.1 Å². The number of carbonyl (C=O) groups excluding carboxylic acids is 1. The summed E-state index contributed by atoms with van der Waals surface area (Å²) >= 11 is 2.26. The van der Waals surface area contributed by atoms with Crippen molar-refractivity contribution in [1.82, 2.24) is 0 Å². The van der Waals surface area contributed by atoms with Crippen molar-refractivity contribution in [3.8, 4) is 22.6 Å². The molecule has 0 unspecified atom stereocenters. The van der Waals surface area contributed by atoms with Crippen LogP contribution in [0.4, 0.5) is 42.7 Å². The van der Waals surface area contributed by atoms with Crippen LogP contribution in [-0.4, -0.2) is 24.8 Å². The molecular formula is C33H23F10O3PS2. The van der Waals surface area contributed by atoms with Gasteiger partial charge in [-0.05, 0) is 77.9 Å². The monoisotopic (exact) mass is 752 g/mol. The molecule has 49 heavy (non-hydrogen) atoms. The zero-order chi connectivity index (χ0) is 36.2. The van der Waals surface area contributed by atoms with E-state index in [-0.39, 0.29) is 10.7 Å². The predicted molar refractivity (Wildman–Crippen MR) is 171 cm³/mol. The number of rotatable bonds is 9. The van der Waals surface area contributed by atoms with Crippen LogP contribution in [0, 0.1) is 23.3 Å². The van der Waals surface area contributed by atoms with Crippen molar-refractivity contribution in [2.24, 2.45) is 0 Å². The molecule has 0 amide bonds. The van der Waals surface area contributed by atoms with Gasteiger partial charge in [0.15, 0.2) is 23.3 Å². The molecule has 260 valence electrons. The van der Waals surface area contributed by atoms with Gasteiger partial charge in [-0.3, -0.25) is 4.79 Å². The van der Waals surface area contributed by atoms with E-state index < -0.39 is 31.1 Å². The van der Waals surface area contributed by atoms with E-state index in [4.69, 9.17) is 9.47 Å².